The SMILES string of the molecule is [B]c1cc(CN)ccc1C. The Balaban J connectivity index is 3.04. The van der Waals surface area contributed by atoms with Crippen molar-refractivity contribution in [2.24, 2.45) is 5.73 Å². The lowest BCUT2D eigenvalue weighted by molar-refractivity contribution is 1.07. The molecular formula is C8H10BN. The standard InChI is InChI=1S/C8H10BN/c1-6-2-3-7(5-10)4-8(6)9/h2-4H,5,10H2,1H3. The lowest BCUT2D eigenvalue weighted by Gasteiger charge is -2.01. The molecule has 0 saturated heterocycles. The number of aryl methyl sites for hydroxylation is 1. The van der Waals surface area contributed by atoms with Crippen molar-refractivity contribution in [3.8, 4) is 0 Å². The van der Waals surface area contributed by atoms with Crippen LogP contribution in [0.2, 0.25) is 0 Å². The predicted molar refractivity (Wildman–Crippen MR) is 44.5 cm³/mol. The van der Waals surface area contributed by atoms with Gasteiger partial charge in [-0.25, -0.2) is 0 Å². The topological polar surface area (TPSA) is 26.0 Å². The van der Waals surface area contributed by atoms with Gasteiger partial charge in [0.1, 0.15) is 7.85 Å². The van der Waals surface area contributed by atoms with Crippen LogP contribution in [0.5, 0.6) is 0 Å². The van der Waals surface area contributed by atoms with Gasteiger partial charge in [-0.15, -0.1) is 0 Å². The van der Waals surface area contributed by atoms with E-state index in [1.165, 1.54) is 0 Å². The quantitative estimate of drug-likeness (QED) is 0.543. The maximum atomic E-state index is 5.64. The Morgan fingerprint density at radius 1 is 1.50 bits per heavy atom. The van der Waals surface area contributed by atoms with Crippen molar-refractivity contribution in [1.82, 2.24) is 0 Å². The number of hydrogen-bond donors (Lipinski definition) is 1. The summed E-state index contributed by atoms with van der Waals surface area (Å²) >= 11 is 0. The van der Waals surface area contributed by atoms with Gasteiger partial charge in [-0.3, -0.25) is 0 Å². The van der Waals surface area contributed by atoms with E-state index in [2.05, 4.69) is 0 Å². The van der Waals surface area contributed by atoms with Crippen molar-refractivity contribution >= 4 is 13.3 Å². The van der Waals surface area contributed by atoms with Crippen molar-refractivity contribution in [2.45, 2.75) is 13.5 Å². The first-order valence-corrected chi connectivity index (χ1v) is 3.29. The highest BCUT2D eigenvalue weighted by atomic mass is 14.5. The van der Waals surface area contributed by atoms with Gasteiger partial charge in [0.15, 0.2) is 0 Å². The lowest BCUT2D eigenvalue weighted by atomic mass is 9.90. The Kier molecular flexibility index (Phi) is 2.12. The second-order valence-electron chi connectivity index (χ2n) is 2.40. The highest BCUT2D eigenvalue weighted by molar-refractivity contribution is 6.33. The summed E-state index contributed by atoms with van der Waals surface area (Å²) in [5.41, 5.74) is 8.43. The van der Waals surface area contributed by atoms with E-state index in [0.717, 1.165) is 16.6 Å². The molecule has 1 aromatic carbocycles. The molecule has 1 aromatic rings. The molecule has 10 heavy (non-hydrogen) atoms. The van der Waals surface area contributed by atoms with Crippen LogP contribution in [0.3, 0.4) is 0 Å². The average Bonchev–Trinajstić information content (AvgIpc) is 1.95. The second kappa shape index (κ2) is 2.89. The molecule has 2 heteroatoms. The second-order valence-corrected chi connectivity index (χ2v) is 2.40. The van der Waals surface area contributed by atoms with Crippen LogP contribution in [0.1, 0.15) is 11.1 Å². The van der Waals surface area contributed by atoms with E-state index in [-0.39, 0.29) is 0 Å². The molecule has 50 valence electrons. The van der Waals surface area contributed by atoms with Gasteiger partial charge in [-0.1, -0.05) is 29.2 Å². The summed E-state index contributed by atoms with van der Waals surface area (Å²) in [5, 5.41) is 0. The third kappa shape index (κ3) is 1.39. The number of hydrogen-bond acceptors (Lipinski definition) is 1. The lowest BCUT2D eigenvalue weighted by Crippen LogP contribution is -2.09. The molecule has 0 aliphatic rings. The third-order valence-electron chi connectivity index (χ3n) is 1.58. The molecule has 0 fully saturated rings. The van der Waals surface area contributed by atoms with Crippen molar-refractivity contribution in [2.75, 3.05) is 0 Å². The van der Waals surface area contributed by atoms with E-state index in [1.54, 1.807) is 0 Å². The first kappa shape index (κ1) is 7.35. The van der Waals surface area contributed by atoms with E-state index in [9.17, 15) is 0 Å². The number of benzene rings is 1. The summed E-state index contributed by atoms with van der Waals surface area (Å²) < 4.78 is 0. The van der Waals surface area contributed by atoms with E-state index < -0.39 is 0 Å². The molecule has 0 aromatic heterocycles. The summed E-state index contributed by atoms with van der Waals surface area (Å²) in [6.07, 6.45) is 0. The van der Waals surface area contributed by atoms with E-state index in [1.807, 2.05) is 25.1 Å². The molecule has 2 radical (unpaired) electrons. The molecule has 0 saturated carbocycles. The van der Waals surface area contributed by atoms with E-state index in [0.29, 0.717) is 6.54 Å². The minimum atomic E-state index is 0.560. The molecule has 0 heterocycles. The minimum absolute atomic E-state index is 0.560. The molecule has 0 bridgehead atoms. The molecule has 0 aliphatic carbocycles. The first-order valence-electron chi connectivity index (χ1n) is 3.29. The number of rotatable bonds is 1. The summed E-state index contributed by atoms with van der Waals surface area (Å²) in [7, 11) is 5.64. The normalized spacial score (nSPS) is 9.80. The van der Waals surface area contributed by atoms with Crippen molar-refractivity contribution < 1.29 is 0 Å². The largest absolute Gasteiger partial charge is 0.326 e. The van der Waals surface area contributed by atoms with Gasteiger partial charge < -0.3 is 5.73 Å². The van der Waals surface area contributed by atoms with Gasteiger partial charge in [0.25, 0.3) is 0 Å². The van der Waals surface area contributed by atoms with Gasteiger partial charge in [-0.2, -0.15) is 0 Å². The average molecular weight is 131 g/mol. The molecule has 0 atom stereocenters. The Morgan fingerprint density at radius 3 is 2.70 bits per heavy atom. The van der Waals surface area contributed by atoms with Crippen LogP contribution < -0.4 is 11.2 Å². The molecule has 0 unspecified atom stereocenters. The predicted octanol–water partition coefficient (Wildman–Crippen LogP) is 0.248. The smallest absolute Gasteiger partial charge is 0.114 e. The third-order valence-corrected chi connectivity index (χ3v) is 1.58. The van der Waals surface area contributed by atoms with Crippen molar-refractivity contribution in [3.63, 3.8) is 0 Å². The molecule has 0 aliphatic heterocycles. The Labute approximate surface area is 62.7 Å². The fourth-order valence-corrected chi connectivity index (χ4v) is 0.817. The van der Waals surface area contributed by atoms with Crippen LogP contribution in [-0.2, 0) is 6.54 Å². The first-order chi connectivity index (χ1) is 4.74. The fourth-order valence-electron chi connectivity index (χ4n) is 0.817. The summed E-state index contributed by atoms with van der Waals surface area (Å²) in [6.45, 7) is 2.54. The van der Waals surface area contributed by atoms with Crippen LogP contribution in [0.25, 0.3) is 0 Å². The molecule has 1 nitrogen and oxygen atoms in total. The van der Waals surface area contributed by atoms with Crippen molar-refractivity contribution in [1.29, 1.82) is 0 Å². The Morgan fingerprint density at radius 2 is 2.20 bits per heavy atom. The van der Waals surface area contributed by atoms with Crippen LogP contribution in [-0.4, -0.2) is 7.85 Å². The summed E-state index contributed by atoms with van der Waals surface area (Å²) in [6, 6.07) is 5.89. The maximum absolute atomic E-state index is 5.64. The van der Waals surface area contributed by atoms with E-state index in [4.69, 9.17) is 13.6 Å². The van der Waals surface area contributed by atoms with Gasteiger partial charge in [0.2, 0.25) is 0 Å². The molecular weight excluding hydrogens is 121 g/mol. The molecule has 2 N–H and O–H groups in total. The zero-order valence-corrected chi connectivity index (χ0v) is 6.09. The van der Waals surface area contributed by atoms with Gasteiger partial charge in [0, 0.05) is 6.54 Å². The van der Waals surface area contributed by atoms with Crippen LogP contribution in [0.4, 0.5) is 0 Å². The van der Waals surface area contributed by atoms with Crippen molar-refractivity contribution in [3.05, 3.63) is 29.3 Å². The molecule has 0 amide bonds. The zero-order chi connectivity index (χ0) is 7.56. The number of nitrogens with two attached hydrogens (primary N) is 1. The zero-order valence-electron chi connectivity index (χ0n) is 6.09. The highest BCUT2D eigenvalue weighted by Gasteiger charge is 1.91. The minimum Gasteiger partial charge on any atom is -0.326 e. The fraction of sp³-hybridized carbons (Fsp3) is 0.250. The van der Waals surface area contributed by atoms with Gasteiger partial charge in [-0.05, 0) is 12.5 Å². The molecule has 0 spiro atoms. The Hall–Kier alpha value is -0.755. The van der Waals surface area contributed by atoms with Crippen LogP contribution in [0, 0.1) is 6.92 Å². The Bertz CT molecular complexity index is 233. The van der Waals surface area contributed by atoms with Crippen LogP contribution >= 0.6 is 0 Å². The highest BCUT2D eigenvalue weighted by Crippen LogP contribution is 1.97. The van der Waals surface area contributed by atoms with Gasteiger partial charge in [0.05, 0.1) is 0 Å². The van der Waals surface area contributed by atoms with Crippen LogP contribution in [0.15, 0.2) is 18.2 Å². The molecule has 1 rings (SSSR count). The monoisotopic (exact) mass is 131 g/mol. The van der Waals surface area contributed by atoms with Gasteiger partial charge >= 0.3 is 0 Å². The maximum Gasteiger partial charge on any atom is 0.114 e. The summed E-state index contributed by atoms with van der Waals surface area (Å²) in [5.74, 6) is 0. The summed E-state index contributed by atoms with van der Waals surface area (Å²) in [4.78, 5) is 0. The van der Waals surface area contributed by atoms with E-state index >= 15 is 0 Å².